The van der Waals surface area contributed by atoms with Gasteiger partial charge in [-0.25, -0.2) is 9.97 Å². The largest absolute Gasteiger partial charge is 0.481 e. The van der Waals surface area contributed by atoms with Crippen LogP contribution in [0.3, 0.4) is 0 Å². The number of pyridine rings is 1. The number of aromatic nitrogens is 4. The van der Waals surface area contributed by atoms with Crippen molar-refractivity contribution in [2.45, 2.75) is 25.3 Å². The summed E-state index contributed by atoms with van der Waals surface area (Å²) < 4.78 is 0. The Morgan fingerprint density at radius 3 is 2.92 bits per heavy atom. The Morgan fingerprint density at radius 1 is 1.38 bits per heavy atom. The van der Waals surface area contributed by atoms with E-state index in [1.165, 1.54) is 0 Å². The van der Waals surface area contributed by atoms with Crippen molar-refractivity contribution in [3.63, 3.8) is 0 Å². The van der Waals surface area contributed by atoms with E-state index in [9.17, 15) is 15.2 Å². The van der Waals surface area contributed by atoms with Crippen molar-refractivity contribution in [3.8, 4) is 6.07 Å². The Morgan fingerprint density at radius 2 is 2.19 bits per heavy atom. The summed E-state index contributed by atoms with van der Waals surface area (Å²) in [6, 6.07) is 4.01. The van der Waals surface area contributed by atoms with E-state index in [-0.39, 0.29) is 12.0 Å². The number of hydrogen-bond acceptors (Lipinski definition) is 6. The van der Waals surface area contributed by atoms with E-state index in [1.807, 2.05) is 6.07 Å². The third-order valence-corrected chi connectivity index (χ3v) is 5.16. The molecule has 3 aromatic heterocycles. The van der Waals surface area contributed by atoms with Gasteiger partial charge in [-0.2, -0.15) is 10.4 Å². The lowest BCUT2D eigenvalue weighted by molar-refractivity contribution is -0.143. The first kappa shape index (κ1) is 16.4. The highest BCUT2D eigenvalue weighted by atomic mass is 16.4. The molecule has 0 bridgehead atoms. The molecule has 26 heavy (non-hydrogen) atoms. The summed E-state index contributed by atoms with van der Waals surface area (Å²) in [7, 11) is 0. The van der Waals surface area contributed by atoms with Crippen molar-refractivity contribution in [1.29, 1.82) is 5.26 Å². The Balaban J connectivity index is 1.77. The molecule has 132 valence electrons. The molecule has 1 unspecified atom stereocenters. The van der Waals surface area contributed by atoms with Gasteiger partial charge >= 0.3 is 5.97 Å². The first-order valence-corrected chi connectivity index (χ1v) is 8.59. The molecule has 1 saturated heterocycles. The van der Waals surface area contributed by atoms with Gasteiger partial charge in [-0.3, -0.25) is 14.8 Å². The summed E-state index contributed by atoms with van der Waals surface area (Å²) in [6.45, 7) is 1.28. The summed E-state index contributed by atoms with van der Waals surface area (Å²) >= 11 is 0. The lowest BCUT2D eigenvalue weighted by atomic mass is 9.93. The monoisotopic (exact) mass is 350 g/mol. The van der Waals surface area contributed by atoms with E-state index in [1.54, 1.807) is 18.6 Å². The van der Waals surface area contributed by atoms with Crippen molar-refractivity contribution < 1.29 is 9.90 Å². The predicted octanol–water partition coefficient (Wildman–Crippen LogP) is 2.26. The minimum Gasteiger partial charge on any atom is -0.481 e. The molecule has 0 spiro atoms. The van der Waals surface area contributed by atoms with Crippen molar-refractivity contribution in [2.75, 3.05) is 13.1 Å². The first-order valence-electron chi connectivity index (χ1n) is 8.59. The van der Waals surface area contributed by atoms with Gasteiger partial charge in [0.05, 0.1) is 36.3 Å². The number of piperidine rings is 1. The van der Waals surface area contributed by atoms with Gasteiger partial charge in [0.25, 0.3) is 0 Å². The van der Waals surface area contributed by atoms with Crippen molar-refractivity contribution in [3.05, 3.63) is 30.4 Å². The molecule has 0 radical (unpaired) electrons. The molecule has 1 aliphatic rings. The number of carboxylic acids is 1. The third kappa shape index (κ3) is 2.76. The number of carbonyl (C=O) groups is 1. The van der Waals surface area contributed by atoms with Crippen LogP contribution in [-0.4, -0.2) is 49.2 Å². The predicted molar refractivity (Wildman–Crippen MR) is 94.1 cm³/mol. The Labute approximate surface area is 149 Å². The number of nitriles is 1. The zero-order valence-electron chi connectivity index (χ0n) is 14.1. The number of nitrogens with zero attached hydrogens (tertiary/aromatic N) is 5. The van der Waals surface area contributed by atoms with Crippen LogP contribution in [0.5, 0.6) is 0 Å². The van der Waals surface area contributed by atoms with Gasteiger partial charge in [-0.1, -0.05) is 0 Å². The van der Waals surface area contributed by atoms with Gasteiger partial charge in [-0.05, 0) is 32.0 Å². The number of likely N-dealkylation sites (tertiary alicyclic amines) is 1. The molecule has 1 aliphatic heterocycles. The van der Waals surface area contributed by atoms with Crippen LogP contribution in [-0.2, 0) is 4.79 Å². The summed E-state index contributed by atoms with van der Waals surface area (Å²) in [5, 5.41) is 28.7. The van der Waals surface area contributed by atoms with E-state index < -0.39 is 5.97 Å². The number of H-pyrrole nitrogens is 1. The number of aromatic amines is 1. The van der Waals surface area contributed by atoms with Crippen LogP contribution in [0.2, 0.25) is 0 Å². The van der Waals surface area contributed by atoms with Gasteiger partial charge in [0.2, 0.25) is 0 Å². The van der Waals surface area contributed by atoms with Crippen LogP contribution in [0.1, 0.15) is 31.0 Å². The maximum atomic E-state index is 11.2. The number of aliphatic carboxylic acids is 1. The minimum absolute atomic E-state index is 0.175. The van der Waals surface area contributed by atoms with Crippen LogP contribution in [0.4, 0.5) is 0 Å². The third-order valence-electron chi connectivity index (χ3n) is 5.16. The lowest BCUT2D eigenvalue weighted by Crippen LogP contribution is -2.39. The smallest absolute Gasteiger partial charge is 0.306 e. The van der Waals surface area contributed by atoms with Crippen LogP contribution < -0.4 is 0 Å². The molecule has 2 N–H and O–H groups in total. The molecule has 3 aromatic rings. The van der Waals surface area contributed by atoms with Crippen LogP contribution >= 0.6 is 0 Å². The summed E-state index contributed by atoms with van der Waals surface area (Å²) in [5.41, 5.74) is 1.52. The standard InChI is InChI=1S/C18H18N6O2/c19-5-1-14(24-7-3-11(4-8-24)18(25)26)16-15-12(10-22-23-16)9-21-17-13(15)2-6-20-17/h2,6,9-11,14,23H,1,3-4,7-8H2,(H,25,26). The second-order valence-electron chi connectivity index (χ2n) is 6.58. The Kier molecular flexibility index (Phi) is 4.22. The van der Waals surface area contributed by atoms with E-state index in [4.69, 9.17) is 0 Å². The normalized spacial score (nSPS) is 17.3. The SMILES string of the molecule is N#CCC(c1[nH]ncc2cnc3nccc3c12)N1CCC(C(=O)O)CC1. The summed E-state index contributed by atoms with van der Waals surface area (Å²) in [6.07, 6.45) is 6.66. The molecule has 8 heteroatoms. The maximum Gasteiger partial charge on any atom is 0.306 e. The second-order valence-corrected chi connectivity index (χ2v) is 6.58. The fourth-order valence-electron chi connectivity index (χ4n) is 3.80. The molecule has 1 fully saturated rings. The average Bonchev–Trinajstić information content (AvgIpc) is 3.15. The molecule has 0 aromatic carbocycles. The zero-order valence-corrected chi connectivity index (χ0v) is 14.1. The van der Waals surface area contributed by atoms with E-state index >= 15 is 0 Å². The van der Waals surface area contributed by atoms with Gasteiger partial charge in [0, 0.05) is 28.6 Å². The first-order chi connectivity index (χ1) is 12.7. The Hall–Kier alpha value is -3.05. The highest BCUT2D eigenvalue weighted by molar-refractivity contribution is 6.05. The van der Waals surface area contributed by atoms with Crippen LogP contribution in [0.15, 0.2) is 24.7 Å². The lowest BCUT2D eigenvalue weighted by Gasteiger charge is -2.35. The Bertz CT molecular complexity index is 1000. The number of nitrogens with one attached hydrogen (secondary N) is 1. The molecule has 0 aliphatic carbocycles. The number of hydrogen-bond donors (Lipinski definition) is 2. The average molecular weight is 350 g/mol. The number of fused-ring (bicyclic) bond motifs is 3. The maximum absolute atomic E-state index is 11.2. The molecule has 4 heterocycles. The van der Waals surface area contributed by atoms with Crippen molar-refractivity contribution >= 4 is 27.8 Å². The minimum atomic E-state index is -0.740. The summed E-state index contributed by atoms with van der Waals surface area (Å²) in [5.74, 6) is -1.05. The zero-order chi connectivity index (χ0) is 18.1. The second kappa shape index (κ2) is 6.69. The van der Waals surface area contributed by atoms with E-state index in [2.05, 4.69) is 31.1 Å². The van der Waals surface area contributed by atoms with Gasteiger partial charge in [-0.15, -0.1) is 0 Å². The van der Waals surface area contributed by atoms with Gasteiger partial charge in [0.1, 0.15) is 0 Å². The number of rotatable bonds is 4. The molecule has 0 saturated carbocycles. The topological polar surface area (TPSA) is 119 Å². The fourth-order valence-corrected chi connectivity index (χ4v) is 3.80. The van der Waals surface area contributed by atoms with Gasteiger partial charge in [0.15, 0.2) is 5.65 Å². The molecule has 0 amide bonds. The molecular formula is C18H18N6O2. The van der Waals surface area contributed by atoms with Crippen LogP contribution in [0.25, 0.3) is 21.8 Å². The van der Waals surface area contributed by atoms with Crippen LogP contribution in [0, 0.1) is 17.2 Å². The van der Waals surface area contributed by atoms with E-state index in [0.29, 0.717) is 38.0 Å². The molecule has 8 nitrogen and oxygen atoms in total. The molecular weight excluding hydrogens is 332 g/mol. The molecule has 4 rings (SSSR count). The van der Waals surface area contributed by atoms with Crippen molar-refractivity contribution in [1.82, 2.24) is 25.1 Å². The van der Waals surface area contributed by atoms with Crippen molar-refractivity contribution in [2.24, 2.45) is 5.92 Å². The molecule has 1 atom stereocenters. The highest BCUT2D eigenvalue weighted by Gasteiger charge is 2.30. The number of carboxylic acid groups (broad SMARTS) is 1. The summed E-state index contributed by atoms with van der Waals surface area (Å²) in [4.78, 5) is 22.0. The van der Waals surface area contributed by atoms with Gasteiger partial charge < -0.3 is 5.11 Å². The quantitative estimate of drug-likeness (QED) is 0.740. The fraction of sp³-hybridized carbons (Fsp3) is 0.389. The van der Waals surface area contributed by atoms with E-state index in [0.717, 1.165) is 21.9 Å². The highest BCUT2D eigenvalue weighted by Crippen LogP contribution is 2.34.